The Hall–Kier alpha value is -5.80. The first-order chi connectivity index (χ1) is 21.3. The summed E-state index contributed by atoms with van der Waals surface area (Å²) in [7, 11) is 0. The van der Waals surface area contributed by atoms with Crippen LogP contribution in [0.3, 0.4) is 0 Å². The fraction of sp³-hybridized carbons (Fsp3) is 0. The fourth-order valence-electron chi connectivity index (χ4n) is 6.51. The van der Waals surface area contributed by atoms with Crippen molar-refractivity contribution in [2.45, 2.75) is 0 Å². The monoisotopic (exact) mass is 551 g/mol. The molecule has 0 bridgehead atoms. The maximum atomic E-state index is 6.76. The number of rotatable bonds is 4. The van der Waals surface area contributed by atoms with E-state index < -0.39 is 0 Å². The van der Waals surface area contributed by atoms with Gasteiger partial charge in [-0.05, 0) is 65.4 Å². The van der Waals surface area contributed by atoms with Crippen molar-refractivity contribution in [3.63, 3.8) is 0 Å². The Morgan fingerprint density at radius 3 is 1.79 bits per heavy atom. The number of para-hydroxylation sites is 4. The van der Waals surface area contributed by atoms with Crippen LogP contribution in [0.15, 0.2) is 160 Å². The highest BCUT2D eigenvalue weighted by atomic mass is 16.3. The van der Waals surface area contributed by atoms with E-state index in [0.717, 1.165) is 82.8 Å². The van der Waals surface area contributed by atoms with E-state index in [1.54, 1.807) is 0 Å². The van der Waals surface area contributed by atoms with E-state index in [9.17, 15) is 0 Å². The number of furan rings is 2. The molecule has 7 aromatic carbocycles. The maximum Gasteiger partial charge on any atom is 0.144 e. The third kappa shape index (κ3) is 3.68. The summed E-state index contributed by atoms with van der Waals surface area (Å²) in [4.78, 5) is 2.29. The lowest BCUT2D eigenvalue weighted by molar-refractivity contribution is 0.665. The molecule has 9 rings (SSSR count). The van der Waals surface area contributed by atoms with E-state index in [1.807, 2.05) is 12.1 Å². The van der Waals surface area contributed by atoms with E-state index in [4.69, 9.17) is 8.83 Å². The van der Waals surface area contributed by atoms with Crippen molar-refractivity contribution >= 4 is 71.7 Å². The van der Waals surface area contributed by atoms with Gasteiger partial charge in [-0.1, -0.05) is 97.1 Å². The Balaban J connectivity index is 1.34. The minimum Gasteiger partial charge on any atom is -0.455 e. The van der Waals surface area contributed by atoms with E-state index in [1.165, 1.54) is 0 Å². The van der Waals surface area contributed by atoms with Crippen molar-refractivity contribution in [3.8, 4) is 11.1 Å². The Bertz CT molecular complexity index is 2410. The van der Waals surface area contributed by atoms with E-state index in [-0.39, 0.29) is 0 Å². The van der Waals surface area contributed by atoms with Crippen LogP contribution in [0.25, 0.3) is 65.8 Å². The molecule has 0 unspecified atom stereocenters. The lowest BCUT2D eigenvalue weighted by Gasteiger charge is -2.25. The Morgan fingerprint density at radius 1 is 0.372 bits per heavy atom. The summed E-state index contributed by atoms with van der Waals surface area (Å²) in [5.74, 6) is 0. The van der Waals surface area contributed by atoms with Gasteiger partial charge < -0.3 is 13.7 Å². The first-order valence-corrected chi connectivity index (χ1v) is 14.5. The number of benzene rings is 7. The number of nitrogens with zero attached hydrogens (tertiary/aromatic N) is 1. The minimum atomic E-state index is 0.855. The van der Waals surface area contributed by atoms with Gasteiger partial charge in [0.2, 0.25) is 0 Å². The molecule has 0 spiro atoms. The van der Waals surface area contributed by atoms with Crippen LogP contribution < -0.4 is 4.90 Å². The molecule has 2 heterocycles. The zero-order chi connectivity index (χ0) is 28.3. The Morgan fingerprint density at radius 2 is 1.00 bits per heavy atom. The highest BCUT2D eigenvalue weighted by molar-refractivity contribution is 6.22. The molecule has 0 aliphatic rings. The van der Waals surface area contributed by atoms with Crippen LogP contribution in [-0.2, 0) is 0 Å². The Labute approximate surface area is 247 Å². The second-order valence-corrected chi connectivity index (χ2v) is 10.9. The lowest BCUT2D eigenvalue weighted by atomic mass is 9.94. The number of hydrogen-bond acceptors (Lipinski definition) is 3. The van der Waals surface area contributed by atoms with Gasteiger partial charge in [-0.25, -0.2) is 0 Å². The molecule has 0 amide bonds. The number of fused-ring (bicyclic) bond motifs is 7. The smallest absolute Gasteiger partial charge is 0.144 e. The number of hydrogen-bond donors (Lipinski definition) is 0. The summed E-state index contributed by atoms with van der Waals surface area (Å²) < 4.78 is 13.3. The van der Waals surface area contributed by atoms with Crippen molar-refractivity contribution in [2.75, 3.05) is 4.90 Å². The summed E-state index contributed by atoms with van der Waals surface area (Å²) >= 11 is 0. The molecule has 9 aromatic rings. The van der Waals surface area contributed by atoms with Gasteiger partial charge in [0.25, 0.3) is 0 Å². The van der Waals surface area contributed by atoms with Crippen LogP contribution in [0.4, 0.5) is 17.1 Å². The van der Waals surface area contributed by atoms with Crippen LogP contribution in [0.5, 0.6) is 0 Å². The van der Waals surface area contributed by atoms with Crippen LogP contribution >= 0.6 is 0 Å². The van der Waals surface area contributed by atoms with E-state index in [0.29, 0.717) is 0 Å². The summed E-state index contributed by atoms with van der Waals surface area (Å²) in [6.45, 7) is 0. The topological polar surface area (TPSA) is 29.5 Å². The highest BCUT2D eigenvalue weighted by Gasteiger charge is 2.21. The molecule has 3 heteroatoms. The molecule has 0 N–H and O–H groups in total. The Kier molecular flexibility index (Phi) is 5.20. The largest absolute Gasteiger partial charge is 0.455 e. The summed E-state index contributed by atoms with van der Waals surface area (Å²) in [6.07, 6.45) is 0. The molecule has 0 atom stereocenters. The van der Waals surface area contributed by atoms with Crippen molar-refractivity contribution in [1.82, 2.24) is 0 Å². The van der Waals surface area contributed by atoms with Gasteiger partial charge in [-0.2, -0.15) is 0 Å². The zero-order valence-electron chi connectivity index (χ0n) is 23.2. The van der Waals surface area contributed by atoms with Gasteiger partial charge in [0, 0.05) is 49.7 Å². The molecule has 0 saturated heterocycles. The third-order valence-corrected chi connectivity index (χ3v) is 8.43. The van der Waals surface area contributed by atoms with Gasteiger partial charge in [-0.3, -0.25) is 0 Å². The van der Waals surface area contributed by atoms with Crippen molar-refractivity contribution in [2.24, 2.45) is 0 Å². The van der Waals surface area contributed by atoms with E-state index in [2.05, 4.69) is 144 Å². The SMILES string of the molecule is c1ccc(N(c2ccccc2)c2ccc3oc4c(-c5cccc6c5oc5ccccc56)c5ccccc5cc4c3c2)cc1. The van der Waals surface area contributed by atoms with Gasteiger partial charge in [0.1, 0.15) is 22.3 Å². The van der Waals surface area contributed by atoms with Crippen LogP contribution in [0.2, 0.25) is 0 Å². The summed E-state index contributed by atoms with van der Waals surface area (Å²) in [6, 6.07) is 52.9. The van der Waals surface area contributed by atoms with Crippen LogP contribution in [0.1, 0.15) is 0 Å². The van der Waals surface area contributed by atoms with Crippen molar-refractivity contribution < 1.29 is 8.83 Å². The minimum absolute atomic E-state index is 0.855. The molecule has 0 radical (unpaired) electrons. The molecule has 0 fully saturated rings. The van der Waals surface area contributed by atoms with Gasteiger partial charge >= 0.3 is 0 Å². The second kappa shape index (κ2) is 9.37. The summed E-state index contributed by atoms with van der Waals surface area (Å²) in [5.41, 5.74) is 8.84. The van der Waals surface area contributed by atoms with Crippen molar-refractivity contribution in [1.29, 1.82) is 0 Å². The predicted octanol–water partition coefficient (Wildman–Crippen LogP) is 11.8. The predicted molar refractivity (Wildman–Crippen MR) is 179 cm³/mol. The third-order valence-electron chi connectivity index (χ3n) is 8.43. The van der Waals surface area contributed by atoms with Crippen LogP contribution in [-0.4, -0.2) is 0 Å². The van der Waals surface area contributed by atoms with Gasteiger partial charge in [-0.15, -0.1) is 0 Å². The molecular formula is C40H25NO2. The van der Waals surface area contributed by atoms with Crippen LogP contribution in [0, 0.1) is 0 Å². The maximum absolute atomic E-state index is 6.76. The quantitative estimate of drug-likeness (QED) is 0.218. The second-order valence-electron chi connectivity index (χ2n) is 10.9. The first kappa shape index (κ1) is 23.9. The van der Waals surface area contributed by atoms with Gasteiger partial charge in [0.05, 0.1) is 0 Å². The molecule has 0 saturated carbocycles. The molecule has 0 aliphatic heterocycles. The number of anilines is 3. The first-order valence-electron chi connectivity index (χ1n) is 14.5. The average molecular weight is 552 g/mol. The van der Waals surface area contributed by atoms with Gasteiger partial charge in [0.15, 0.2) is 0 Å². The zero-order valence-corrected chi connectivity index (χ0v) is 23.2. The molecular weight excluding hydrogens is 526 g/mol. The fourth-order valence-corrected chi connectivity index (χ4v) is 6.51. The average Bonchev–Trinajstić information content (AvgIpc) is 3.63. The highest BCUT2D eigenvalue weighted by Crippen LogP contribution is 2.46. The molecule has 43 heavy (non-hydrogen) atoms. The standard InChI is InChI=1S/C40H25NO2/c1-3-13-27(14-4-1)41(28-15-5-2-6-16-28)29-22-23-37-34(25-29)35-24-26-12-7-8-17-30(26)38(40(35)43-37)33-20-11-19-32-31-18-9-10-21-36(31)42-39(32)33/h1-25H. The lowest BCUT2D eigenvalue weighted by Crippen LogP contribution is -2.09. The molecule has 2 aromatic heterocycles. The summed E-state index contributed by atoms with van der Waals surface area (Å²) in [5, 5.41) is 6.68. The molecule has 3 nitrogen and oxygen atoms in total. The molecule has 0 aliphatic carbocycles. The van der Waals surface area contributed by atoms with Crippen molar-refractivity contribution in [3.05, 3.63) is 152 Å². The molecule has 202 valence electrons. The normalized spacial score (nSPS) is 11.7. The van der Waals surface area contributed by atoms with E-state index >= 15 is 0 Å².